The molecule has 0 saturated carbocycles. The molecule has 2 aromatic rings. The summed E-state index contributed by atoms with van der Waals surface area (Å²) in [5.41, 5.74) is -0.274. The molecule has 28 heavy (non-hydrogen) atoms. The lowest BCUT2D eigenvalue weighted by molar-refractivity contribution is -0.384. The Morgan fingerprint density at radius 3 is 2.57 bits per heavy atom. The van der Waals surface area contributed by atoms with Crippen molar-refractivity contribution in [1.29, 1.82) is 0 Å². The zero-order chi connectivity index (χ0) is 20.7. The number of benzene rings is 2. The quantitative estimate of drug-likeness (QED) is 0.517. The van der Waals surface area contributed by atoms with Gasteiger partial charge in [0.1, 0.15) is 11.9 Å². The van der Waals surface area contributed by atoms with Crippen LogP contribution in [0.1, 0.15) is 30.6 Å². The topological polar surface area (TPSA) is 101 Å². The van der Waals surface area contributed by atoms with Gasteiger partial charge in [0.05, 0.1) is 10.5 Å². The summed E-state index contributed by atoms with van der Waals surface area (Å²) in [6.07, 6.45) is 0.751. The van der Waals surface area contributed by atoms with Crippen molar-refractivity contribution < 1.29 is 18.9 Å². The van der Waals surface area contributed by atoms with Gasteiger partial charge in [-0.2, -0.15) is 0 Å². The van der Waals surface area contributed by atoms with Gasteiger partial charge in [-0.15, -0.1) is 0 Å². The third-order valence-electron chi connectivity index (χ3n) is 3.77. The number of carbonyl (C=O) groups is 2. The second-order valence-electron chi connectivity index (χ2n) is 5.96. The summed E-state index contributed by atoms with van der Waals surface area (Å²) in [5, 5.41) is 16.3. The third kappa shape index (κ3) is 5.53. The number of hydrogen-bond donors (Lipinski definition) is 2. The predicted molar refractivity (Wildman–Crippen MR) is 104 cm³/mol. The molecule has 148 valence electrons. The van der Waals surface area contributed by atoms with E-state index in [1.165, 1.54) is 25.1 Å². The molecule has 2 amide bonds. The molecule has 2 aromatic carbocycles. The van der Waals surface area contributed by atoms with Crippen molar-refractivity contribution in [3.8, 4) is 0 Å². The molecule has 0 aliphatic heterocycles. The van der Waals surface area contributed by atoms with Crippen molar-refractivity contribution in [2.75, 3.05) is 6.54 Å². The van der Waals surface area contributed by atoms with Crippen LogP contribution in [0.2, 0.25) is 0 Å². The van der Waals surface area contributed by atoms with E-state index >= 15 is 0 Å². The molecule has 0 saturated heterocycles. The highest BCUT2D eigenvalue weighted by Crippen LogP contribution is 2.34. The number of nitro benzene ring substituents is 1. The van der Waals surface area contributed by atoms with Crippen LogP contribution in [0, 0.1) is 15.9 Å². The van der Waals surface area contributed by atoms with Crippen LogP contribution < -0.4 is 10.6 Å². The van der Waals surface area contributed by atoms with Crippen LogP contribution in [-0.2, 0) is 4.79 Å². The molecule has 1 unspecified atom stereocenters. The van der Waals surface area contributed by atoms with E-state index in [1.807, 2.05) is 6.92 Å². The lowest BCUT2D eigenvalue weighted by Crippen LogP contribution is -2.45. The molecule has 1 atom stereocenters. The van der Waals surface area contributed by atoms with Crippen molar-refractivity contribution in [2.45, 2.75) is 36.1 Å². The van der Waals surface area contributed by atoms with E-state index in [0.29, 0.717) is 11.4 Å². The number of nitro groups is 1. The Bertz CT molecular complexity index is 891. The molecule has 0 fully saturated rings. The van der Waals surface area contributed by atoms with E-state index in [1.54, 1.807) is 18.2 Å². The van der Waals surface area contributed by atoms with Gasteiger partial charge in [-0.05, 0) is 31.5 Å². The molecule has 0 radical (unpaired) electrons. The summed E-state index contributed by atoms with van der Waals surface area (Å²) in [4.78, 5) is 35.7. The van der Waals surface area contributed by atoms with Gasteiger partial charge in [-0.1, -0.05) is 30.8 Å². The fourth-order valence-corrected chi connectivity index (χ4v) is 3.23. The maximum Gasteiger partial charge on any atom is 0.270 e. The van der Waals surface area contributed by atoms with Gasteiger partial charge in [0, 0.05) is 28.5 Å². The lowest BCUT2D eigenvalue weighted by Gasteiger charge is -2.15. The summed E-state index contributed by atoms with van der Waals surface area (Å²) in [7, 11) is 0. The molecule has 0 bridgehead atoms. The predicted octanol–water partition coefficient (Wildman–Crippen LogP) is 3.53. The molecule has 2 N–H and O–H groups in total. The minimum Gasteiger partial charge on any atom is -0.354 e. The molecular formula is C19H20FN3O4S. The van der Waals surface area contributed by atoms with Crippen LogP contribution in [-0.4, -0.2) is 29.3 Å². The Balaban J connectivity index is 2.30. The van der Waals surface area contributed by atoms with E-state index in [0.717, 1.165) is 24.2 Å². The number of hydrogen-bond acceptors (Lipinski definition) is 5. The maximum atomic E-state index is 14.0. The van der Waals surface area contributed by atoms with E-state index in [4.69, 9.17) is 0 Å². The van der Waals surface area contributed by atoms with Crippen LogP contribution in [0.4, 0.5) is 10.1 Å². The van der Waals surface area contributed by atoms with Crippen LogP contribution in [0.5, 0.6) is 0 Å². The summed E-state index contributed by atoms with van der Waals surface area (Å²) in [6.45, 7) is 3.90. The average molecular weight is 405 g/mol. The zero-order valence-electron chi connectivity index (χ0n) is 15.4. The molecule has 0 spiro atoms. The lowest BCUT2D eigenvalue weighted by atomic mass is 10.1. The molecule has 2 rings (SSSR count). The fraction of sp³-hybridized carbons (Fsp3) is 0.263. The smallest absolute Gasteiger partial charge is 0.270 e. The van der Waals surface area contributed by atoms with Crippen molar-refractivity contribution in [3.63, 3.8) is 0 Å². The molecule has 0 heterocycles. The largest absolute Gasteiger partial charge is 0.354 e. The standard InChI is InChI=1S/C19H20FN3O4S/c1-3-10-21-18(24)12(2)22-19(25)14-11-13(23(26)27)8-9-16(14)28-17-7-5-4-6-15(17)20/h4-9,11-12H,3,10H2,1-2H3,(H,21,24)(H,22,25). The first-order valence-corrected chi connectivity index (χ1v) is 9.44. The highest BCUT2D eigenvalue weighted by atomic mass is 32.2. The number of carbonyl (C=O) groups excluding carboxylic acids is 2. The van der Waals surface area contributed by atoms with E-state index in [2.05, 4.69) is 10.6 Å². The van der Waals surface area contributed by atoms with E-state index in [9.17, 15) is 24.1 Å². The van der Waals surface area contributed by atoms with Gasteiger partial charge >= 0.3 is 0 Å². The van der Waals surface area contributed by atoms with Crippen LogP contribution in [0.3, 0.4) is 0 Å². The second-order valence-corrected chi connectivity index (χ2v) is 7.04. The molecular weight excluding hydrogens is 385 g/mol. The summed E-state index contributed by atoms with van der Waals surface area (Å²) >= 11 is 0.980. The van der Waals surface area contributed by atoms with Crippen LogP contribution in [0.25, 0.3) is 0 Å². The first-order chi connectivity index (χ1) is 13.3. The number of nitrogens with zero attached hydrogens (tertiary/aromatic N) is 1. The second kappa shape index (κ2) is 9.84. The van der Waals surface area contributed by atoms with Crippen molar-refractivity contribution in [3.05, 3.63) is 64.0 Å². The Morgan fingerprint density at radius 2 is 1.93 bits per heavy atom. The Hall–Kier alpha value is -2.94. The summed E-state index contributed by atoms with van der Waals surface area (Å²) < 4.78 is 14.0. The van der Waals surface area contributed by atoms with Gasteiger partial charge < -0.3 is 10.6 Å². The van der Waals surface area contributed by atoms with Crippen molar-refractivity contribution in [1.82, 2.24) is 10.6 Å². The van der Waals surface area contributed by atoms with Gasteiger partial charge in [0.25, 0.3) is 11.6 Å². The highest BCUT2D eigenvalue weighted by molar-refractivity contribution is 7.99. The maximum absolute atomic E-state index is 14.0. The molecule has 0 aliphatic carbocycles. The summed E-state index contributed by atoms with van der Waals surface area (Å²) in [6, 6.07) is 8.95. The van der Waals surface area contributed by atoms with Gasteiger partial charge in [0.15, 0.2) is 0 Å². The average Bonchev–Trinajstić information content (AvgIpc) is 2.67. The number of amides is 2. The van der Waals surface area contributed by atoms with Gasteiger partial charge in [-0.3, -0.25) is 19.7 Å². The first kappa shape index (κ1) is 21.4. The molecule has 0 aliphatic rings. The normalized spacial score (nSPS) is 11.5. The number of non-ortho nitro benzene ring substituents is 1. The Morgan fingerprint density at radius 1 is 1.21 bits per heavy atom. The number of halogens is 1. The highest BCUT2D eigenvalue weighted by Gasteiger charge is 2.22. The Labute approximate surface area is 165 Å². The SMILES string of the molecule is CCCNC(=O)C(C)NC(=O)c1cc([N+](=O)[O-])ccc1Sc1ccccc1F. The van der Waals surface area contributed by atoms with Crippen LogP contribution >= 0.6 is 11.8 Å². The molecule has 9 heteroatoms. The molecule has 7 nitrogen and oxygen atoms in total. The van der Waals surface area contributed by atoms with E-state index < -0.39 is 22.7 Å². The van der Waals surface area contributed by atoms with Crippen molar-refractivity contribution in [2.24, 2.45) is 0 Å². The zero-order valence-corrected chi connectivity index (χ0v) is 16.2. The number of rotatable bonds is 8. The summed E-state index contributed by atoms with van der Waals surface area (Å²) in [5.74, 6) is -1.48. The third-order valence-corrected chi connectivity index (χ3v) is 4.89. The van der Waals surface area contributed by atoms with Crippen LogP contribution in [0.15, 0.2) is 52.3 Å². The minimum atomic E-state index is -0.829. The monoisotopic (exact) mass is 405 g/mol. The fourth-order valence-electron chi connectivity index (χ4n) is 2.29. The van der Waals surface area contributed by atoms with E-state index in [-0.39, 0.29) is 22.1 Å². The van der Waals surface area contributed by atoms with Crippen molar-refractivity contribution >= 4 is 29.3 Å². The van der Waals surface area contributed by atoms with Gasteiger partial charge in [-0.25, -0.2) is 4.39 Å². The first-order valence-electron chi connectivity index (χ1n) is 8.62. The van der Waals surface area contributed by atoms with Gasteiger partial charge in [0.2, 0.25) is 5.91 Å². The Kier molecular flexibility index (Phi) is 7.51. The number of nitrogens with one attached hydrogen (secondary N) is 2. The molecule has 0 aromatic heterocycles. The minimum absolute atomic E-state index is 0.00223.